The maximum atomic E-state index is 12.1. The average Bonchev–Trinajstić information content (AvgIpc) is 2.31. The number of aliphatic hydroxyl groups excluding tert-OH is 1. The van der Waals surface area contributed by atoms with E-state index < -0.39 is 0 Å². The number of amides is 1. The molecule has 0 aliphatic carbocycles. The van der Waals surface area contributed by atoms with E-state index in [9.17, 15) is 4.79 Å². The van der Waals surface area contributed by atoms with Crippen LogP contribution in [0.25, 0.3) is 0 Å². The molecule has 1 aromatic rings. The second-order valence-electron chi connectivity index (χ2n) is 4.58. The first kappa shape index (κ1) is 15.0. The number of rotatable bonds is 5. The fraction of sp³-hybridized carbons (Fsp3) is 0.462. The predicted octanol–water partition coefficient (Wildman–Crippen LogP) is 2.17. The Morgan fingerprint density at radius 3 is 2.72 bits per heavy atom. The van der Waals surface area contributed by atoms with Crippen LogP contribution in [0.3, 0.4) is 0 Å². The minimum absolute atomic E-state index is 0.0455. The van der Waals surface area contributed by atoms with Crippen LogP contribution in [0.1, 0.15) is 30.6 Å². The van der Waals surface area contributed by atoms with Crippen LogP contribution < -0.4 is 11.1 Å². The van der Waals surface area contributed by atoms with Gasteiger partial charge in [-0.15, -0.1) is 0 Å². The highest BCUT2D eigenvalue weighted by molar-refractivity contribution is 9.10. The van der Waals surface area contributed by atoms with Gasteiger partial charge in [0.1, 0.15) is 0 Å². The Hall–Kier alpha value is -1.07. The number of halogens is 1. The summed E-state index contributed by atoms with van der Waals surface area (Å²) in [5.74, 6) is 0.0854. The van der Waals surface area contributed by atoms with E-state index in [1.807, 2.05) is 13.8 Å². The Labute approximate surface area is 116 Å². The van der Waals surface area contributed by atoms with Crippen LogP contribution in [0.2, 0.25) is 0 Å². The highest BCUT2D eigenvalue weighted by atomic mass is 79.9. The van der Waals surface area contributed by atoms with Gasteiger partial charge in [-0.3, -0.25) is 4.79 Å². The van der Waals surface area contributed by atoms with Crippen molar-refractivity contribution in [1.82, 2.24) is 5.32 Å². The van der Waals surface area contributed by atoms with Crippen molar-refractivity contribution in [1.29, 1.82) is 0 Å². The molecule has 0 heterocycles. The molecule has 0 radical (unpaired) electrons. The van der Waals surface area contributed by atoms with Gasteiger partial charge in [0.2, 0.25) is 0 Å². The zero-order valence-corrected chi connectivity index (χ0v) is 12.2. The van der Waals surface area contributed by atoms with Crippen molar-refractivity contribution in [2.45, 2.75) is 26.3 Å². The molecule has 0 bridgehead atoms. The number of nitrogen functional groups attached to an aromatic ring is 1. The number of nitrogens with one attached hydrogen (secondary N) is 1. The largest absolute Gasteiger partial charge is 0.399 e. The Morgan fingerprint density at radius 2 is 2.17 bits per heavy atom. The molecule has 0 saturated heterocycles. The molecule has 18 heavy (non-hydrogen) atoms. The first-order valence-corrected chi connectivity index (χ1v) is 6.71. The lowest BCUT2D eigenvalue weighted by atomic mass is 10.0. The quantitative estimate of drug-likeness (QED) is 0.729. The first-order valence-electron chi connectivity index (χ1n) is 5.92. The lowest BCUT2D eigenvalue weighted by Crippen LogP contribution is -2.39. The number of anilines is 1. The highest BCUT2D eigenvalue weighted by Gasteiger charge is 2.18. The number of carbonyl (C=O) groups excluding carboxylic acids is 1. The van der Waals surface area contributed by atoms with Gasteiger partial charge in [0, 0.05) is 22.8 Å². The van der Waals surface area contributed by atoms with Crippen molar-refractivity contribution in [3.63, 3.8) is 0 Å². The average molecular weight is 315 g/mol. The summed E-state index contributed by atoms with van der Waals surface area (Å²) in [6.45, 7) is 4.07. The van der Waals surface area contributed by atoms with Gasteiger partial charge in [-0.05, 0) is 46.5 Å². The molecule has 5 heteroatoms. The summed E-state index contributed by atoms with van der Waals surface area (Å²) < 4.78 is 0.709. The molecule has 1 amide bonds. The summed E-state index contributed by atoms with van der Waals surface area (Å²) >= 11 is 3.33. The third-order valence-corrected chi connectivity index (χ3v) is 3.49. The maximum Gasteiger partial charge on any atom is 0.252 e. The second kappa shape index (κ2) is 6.75. The zero-order valence-electron chi connectivity index (χ0n) is 10.6. The molecule has 0 aromatic heterocycles. The van der Waals surface area contributed by atoms with Crippen molar-refractivity contribution >= 4 is 27.5 Å². The minimum atomic E-state index is -0.179. The van der Waals surface area contributed by atoms with Crippen molar-refractivity contribution in [2.75, 3.05) is 12.3 Å². The van der Waals surface area contributed by atoms with Crippen LogP contribution in [0.5, 0.6) is 0 Å². The summed E-state index contributed by atoms with van der Waals surface area (Å²) in [5.41, 5.74) is 6.73. The van der Waals surface area contributed by atoms with E-state index in [0.29, 0.717) is 22.1 Å². The number of hydrogen-bond acceptors (Lipinski definition) is 3. The van der Waals surface area contributed by atoms with Gasteiger partial charge in [-0.25, -0.2) is 0 Å². The topological polar surface area (TPSA) is 75.3 Å². The number of aliphatic hydroxyl groups is 1. The predicted molar refractivity (Wildman–Crippen MR) is 76.3 cm³/mol. The fourth-order valence-electron chi connectivity index (χ4n) is 1.67. The maximum absolute atomic E-state index is 12.1. The SMILES string of the molecule is CC(C)C(CCO)NC(=O)c1cc(N)ccc1Br. The third-order valence-electron chi connectivity index (χ3n) is 2.80. The van der Waals surface area contributed by atoms with Crippen LogP contribution in [0.15, 0.2) is 22.7 Å². The Kier molecular flexibility index (Phi) is 5.62. The number of hydrogen-bond donors (Lipinski definition) is 3. The summed E-state index contributed by atoms with van der Waals surface area (Å²) in [6.07, 6.45) is 0.545. The molecular formula is C13H19BrN2O2. The summed E-state index contributed by atoms with van der Waals surface area (Å²) in [4.78, 5) is 12.1. The lowest BCUT2D eigenvalue weighted by Gasteiger charge is -2.21. The first-order chi connectivity index (χ1) is 8.45. The Bertz CT molecular complexity index is 421. The molecule has 100 valence electrons. The summed E-state index contributed by atoms with van der Waals surface area (Å²) in [7, 11) is 0. The number of nitrogens with two attached hydrogens (primary N) is 1. The fourth-order valence-corrected chi connectivity index (χ4v) is 2.10. The normalized spacial score (nSPS) is 12.5. The van der Waals surface area contributed by atoms with Crippen molar-refractivity contribution in [3.05, 3.63) is 28.2 Å². The Balaban J connectivity index is 2.83. The van der Waals surface area contributed by atoms with E-state index in [4.69, 9.17) is 10.8 Å². The molecule has 4 N–H and O–H groups in total. The van der Waals surface area contributed by atoms with Gasteiger partial charge in [0.15, 0.2) is 0 Å². The number of benzene rings is 1. The minimum Gasteiger partial charge on any atom is -0.399 e. The van der Waals surface area contributed by atoms with Crippen LogP contribution in [0.4, 0.5) is 5.69 Å². The van der Waals surface area contributed by atoms with E-state index in [1.54, 1.807) is 18.2 Å². The van der Waals surface area contributed by atoms with Gasteiger partial charge in [0.25, 0.3) is 5.91 Å². The van der Waals surface area contributed by atoms with Gasteiger partial charge < -0.3 is 16.2 Å². The lowest BCUT2D eigenvalue weighted by molar-refractivity contribution is 0.0916. The van der Waals surface area contributed by atoms with E-state index in [0.717, 1.165) is 0 Å². The van der Waals surface area contributed by atoms with Gasteiger partial charge in [0.05, 0.1) is 5.56 Å². The molecule has 1 unspecified atom stereocenters. The Morgan fingerprint density at radius 1 is 1.50 bits per heavy atom. The molecule has 1 rings (SSSR count). The number of carbonyl (C=O) groups is 1. The standard InChI is InChI=1S/C13H19BrN2O2/c1-8(2)12(5-6-17)16-13(18)10-7-9(15)3-4-11(10)14/h3-4,7-8,12,17H,5-6,15H2,1-2H3,(H,16,18). The van der Waals surface area contributed by atoms with Crippen LogP contribution in [-0.4, -0.2) is 23.7 Å². The van der Waals surface area contributed by atoms with Crippen molar-refractivity contribution < 1.29 is 9.90 Å². The van der Waals surface area contributed by atoms with E-state index >= 15 is 0 Å². The third kappa shape index (κ3) is 3.99. The molecule has 0 saturated carbocycles. The molecule has 0 aliphatic rings. The highest BCUT2D eigenvalue weighted by Crippen LogP contribution is 2.20. The zero-order chi connectivity index (χ0) is 13.7. The molecule has 4 nitrogen and oxygen atoms in total. The smallest absolute Gasteiger partial charge is 0.252 e. The van der Waals surface area contributed by atoms with E-state index in [1.165, 1.54) is 0 Å². The monoisotopic (exact) mass is 314 g/mol. The van der Waals surface area contributed by atoms with Gasteiger partial charge in [-0.1, -0.05) is 13.8 Å². The summed E-state index contributed by atoms with van der Waals surface area (Å²) in [6, 6.07) is 5.07. The van der Waals surface area contributed by atoms with Crippen molar-refractivity contribution in [2.24, 2.45) is 5.92 Å². The molecule has 1 aromatic carbocycles. The van der Waals surface area contributed by atoms with Crippen LogP contribution in [-0.2, 0) is 0 Å². The van der Waals surface area contributed by atoms with Crippen LogP contribution in [0, 0.1) is 5.92 Å². The van der Waals surface area contributed by atoms with E-state index in [-0.39, 0.29) is 24.5 Å². The molecular weight excluding hydrogens is 296 g/mol. The second-order valence-corrected chi connectivity index (χ2v) is 5.43. The van der Waals surface area contributed by atoms with Crippen LogP contribution >= 0.6 is 15.9 Å². The van der Waals surface area contributed by atoms with E-state index in [2.05, 4.69) is 21.2 Å². The van der Waals surface area contributed by atoms with Gasteiger partial charge >= 0.3 is 0 Å². The molecule has 0 spiro atoms. The summed E-state index contributed by atoms with van der Waals surface area (Å²) in [5, 5.41) is 11.9. The molecule has 1 atom stereocenters. The molecule has 0 fully saturated rings. The van der Waals surface area contributed by atoms with Crippen molar-refractivity contribution in [3.8, 4) is 0 Å². The van der Waals surface area contributed by atoms with Gasteiger partial charge in [-0.2, -0.15) is 0 Å². The molecule has 0 aliphatic heterocycles.